The Morgan fingerprint density at radius 2 is 1.15 bits per heavy atom. The third-order valence-corrected chi connectivity index (χ3v) is 4.95. The number of rotatable bonds is 6. The van der Waals surface area contributed by atoms with Crippen LogP contribution in [0.1, 0.15) is 23.6 Å². The van der Waals surface area contributed by atoms with E-state index in [0.29, 0.717) is 0 Å². The predicted molar refractivity (Wildman–Crippen MR) is 111 cm³/mol. The molecule has 4 aromatic rings. The summed E-state index contributed by atoms with van der Waals surface area (Å²) in [6, 6.07) is 33.8. The second kappa shape index (κ2) is 7.50. The molecule has 0 saturated carbocycles. The van der Waals surface area contributed by atoms with Gasteiger partial charge in [0.25, 0.3) is 0 Å². The Kier molecular flexibility index (Phi) is 4.75. The van der Waals surface area contributed by atoms with Gasteiger partial charge < -0.3 is 5.32 Å². The monoisotopic (exact) mass is 353 g/mol. The van der Waals surface area contributed by atoms with E-state index in [1.54, 1.807) is 0 Å². The molecule has 1 heterocycles. The summed E-state index contributed by atoms with van der Waals surface area (Å²) in [6.07, 6.45) is 1.84. The normalized spacial score (nSPS) is 11.3. The van der Waals surface area contributed by atoms with Gasteiger partial charge in [0, 0.05) is 12.6 Å². The van der Waals surface area contributed by atoms with Crippen LogP contribution >= 0.6 is 0 Å². The molecule has 3 heteroatoms. The van der Waals surface area contributed by atoms with Crippen molar-refractivity contribution in [1.82, 2.24) is 9.78 Å². The highest BCUT2D eigenvalue weighted by atomic mass is 15.3. The SMILES string of the molecule is CCn1nccc1NC(c1ccccc1)(c1ccccc1)c1ccccc1. The third kappa shape index (κ3) is 3.13. The molecule has 134 valence electrons. The van der Waals surface area contributed by atoms with Crippen LogP contribution in [0.25, 0.3) is 0 Å². The highest BCUT2D eigenvalue weighted by molar-refractivity contribution is 5.58. The van der Waals surface area contributed by atoms with Crippen molar-refractivity contribution in [3.8, 4) is 0 Å². The second-order valence-corrected chi connectivity index (χ2v) is 6.51. The van der Waals surface area contributed by atoms with Crippen LogP contribution in [0.3, 0.4) is 0 Å². The molecule has 0 spiro atoms. The minimum absolute atomic E-state index is 0.517. The Morgan fingerprint density at radius 3 is 1.56 bits per heavy atom. The molecule has 0 fully saturated rings. The summed E-state index contributed by atoms with van der Waals surface area (Å²) in [4.78, 5) is 0. The van der Waals surface area contributed by atoms with Crippen molar-refractivity contribution in [3.05, 3.63) is 120 Å². The number of aryl methyl sites for hydroxylation is 1. The largest absolute Gasteiger partial charge is 0.353 e. The van der Waals surface area contributed by atoms with E-state index in [1.165, 1.54) is 16.7 Å². The minimum atomic E-state index is -0.517. The summed E-state index contributed by atoms with van der Waals surface area (Å²) in [5.41, 5.74) is 3.04. The molecule has 27 heavy (non-hydrogen) atoms. The lowest BCUT2D eigenvalue weighted by atomic mass is 9.77. The van der Waals surface area contributed by atoms with Crippen molar-refractivity contribution < 1.29 is 0 Å². The zero-order valence-corrected chi connectivity index (χ0v) is 15.4. The third-order valence-electron chi connectivity index (χ3n) is 4.95. The quantitative estimate of drug-likeness (QED) is 0.476. The smallest absolute Gasteiger partial charge is 0.125 e. The van der Waals surface area contributed by atoms with E-state index in [9.17, 15) is 0 Å². The highest BCUT2D eigenvalue weighted by Crippen LogP contribution is 2.39. The Morgan fingerprint density at radius 1 is 0.704 bits per heavy atom. The number of benzene rings is 3. The van der Waals surface area contributed by atoms with Gasteiger partial charge in [-0.15, -0.1) is 0 Å². The molecule has 3 nitrogen and oxygen atoms in total. The number of anilines is 1. The van der Waals surface area contributed by atoms with E-state index in [-0.39, 0.29) is 0 Å². The molecule has 0 aliphatic rings. The lowest BCUT2D eigenvalue weighted by molar-refractivity contribution is 0.634. The van der Waals surface area contributed by atoms with Crippen molar-refractivity contribution in [3.63, 3.8) is 0 Å². The van der Waals surface area contributed by atoms with E-state index in [2.05, 4.69) is 108 Å². The standard InChI is InChI=1S/C24H23N3/c1-2-27-23(18-19-25-27)26-24(20-12-6-3-7-13-20,21-14-8-4-9-15-21)22-16-10-5-11-17-22/h3-19,26H,2H2,1H3. The summed E-state index contributed by atoms with van der Waals surface area (Å²) < 4.78 is 1.99. The fourth-order valence-electron chi connectivity index (χ4n) is 3.66. The van der Waals surface area contributed by atoms with Gasteiger partial charge in [-0.05, 0) is 23.6 Å². The van der Waals surface area contributed by atoms with Crippen LogP contribution in [0, 0.1) is 0 Å². The number of nitrogens with zero attached hydrogens (tertiary/aromatic N) is 2. The Balaban J connectivity index is 2.00. The van der Waals surface area contributed by atoms with Gasteiger partial charge in [-0.3, -0.25) is 4.68 Å². The molecule has 0 atom stereocenters. The van der Waals surface area contributed by atoms with Crippen LogP contribution < -0.4 is 5.32 Å². The second-order valence-electron chi connectivity index (χ2n) is 6.51. The number of hydrogen-bond acceptors (Lipinski definition) is 2. The molecule has 0 bridgehead atoms. The van der Waals surface area contributed by atoms with Crippen molar-refractivity contribution in [2.45, 2.75) is 19.0 Å². The predicted octanol–water partition coefficient (Wildman–Crippen LogP) is 5.31. The van der Waals surface area contributed by atoms with Crippen LogP contribution in [0.4, 0.5) is 5.82 Å². The molecule has 0 aliphatic carbocycles. The summed E-state index contributed by atoms with van der Waals surface area (Å²) in [6.45, 7) is 2.91. The Hall–Kier alpha value is -3.33. The molecular weight excluding hydrogens is 330 g/mol. The Bertz CT molecular complexity index is 879. The fraction of sp³-hybridized carbons (Fsp3) is 0.125. The highest BCUT2D eigenvalue weighted by Gasteiger charge is 2.36. The van der Waals surface area contributed by atoms with Crippen LogP contribution in [-0.4, -0.2) is 9.78 Å². The topological polar surface area (TPSA) is 29.9 Å². The van der Waals surface area contributed by atoms with Crippen molar-refractivity contribution >= 4 is 5.82 Å². The van der Waals surface area contributed by atoms with Gasteiger partial charge in [0.05, 0.1) is 6.20 Å². The number of hydrogen-bond donors (Lipinski definition) is 1. The lowest BCUT2D eigenvalue weighted by Crippen LogP contribution is -2.38. The van der Waals surface area contributed by atoms with Crippen LogP contribution in [-0.2, 0) is 12.1 Å². The first kappa shape index (κ1) is 17.1. The molecule has 4 rings (SSSR count). The average molecular weight is 353 g/mol. The number of aromatic nitrogens is 2. The molecule has 3 aromatic carbocycles. The van der Waals surface area contributed by atoms with Gasteiger partial charge >= 0.3 is 0 Å². The zero-order valence-electron chi connectivity index (χ0n) is 15.4. The van der Waals surface area contributed by atoms with Crippen LogP contribution in [0.15, 0.2) is 103 Å². The Labute approximate surface area is 160 Å². The van der Waals surface area contributed by atoms with Crippen molar-refractivity contribution in [2.24, 2.45) is 0 Å². The molecule has 0 saturated heterocycles. The maximum Gasteiger partial charge on any atom is 0.125 e. The molecular formula is C24H23N3. The van der Waals surface area contributed by atoms with Gasteiger partial charge in [0.2, 0.25) is 0 Å². The molecule has 0 aliphatic heterocycles. The maximum atomic E-state index is 4.45. The molecule has 0 amide bonds. The fourth-order valence-corrected chi connectivity index (χ4v) is 3.66. The molecule has 0 radical (unpaired) electrons. The van der Waals surface area contributed by atoms with Crippen LogP contribution in [0.2, 0.25) is 0 Å². The first-order valence-corrected chi connectivity index (χ1v) is 9.31. The molecule has 0 unspecified atom stereocenters. The van der Waals surface area contributed by atoms with Gasteiger partial charge in [-0.1, -0.05) is 91.0 Å². The lowest BCUT2D eigenvalue weighted by Gasteiger charge is -2.37. The summed E-state index contributed by atoms with van der Waals surface area (Å²) in [5, 5.41) is 8.30. The van der Waals surface area contributed by atoms with Gasteiger partial charge in [0.15, 0.2) is 0 Å². The van der Waals surface area contributed by atoms with E-state index >= 15 is 0 Å². The van der Waals surface area contributed by atoms with Crippen LogP contribution in [0.5, 0.6) is 0 Å². The van der Waals surface area contributed by atoms with E-state index in [1.807, 2.05) is 16.9 Å². The van der Waals surface area contributed by atoms with Crippen molar-refractivity contribution in [2.75, 3.05) is 5.32 Å². The van der Waals surface area contributed by atoms with E-state index < -0.39 is 5.54 Å². The minimum Gasteiger partial charge on any atom is -0.353 e. The first-order valence-electron chi connectivity index (χ1n) is 9.31. The van der Waals surface area contributed by atoms with Gasteiger partial charge in [-0.25, -0.2) is 0 Å². The first-order chi connectivity index (χ1) is 13.3. The van der Waals surface area contributed by atoms with E-state index in [4.69, 9.17) is 0 Å². The van der Waals surface area contributed by atoms with Gasteiger partial charge in [0.1, 0.15) is 11.4 Å². The molecule has 1 aromatic heterocycles. The average Bonchev–Trinajstić information content (AvgIpc) is 3.21. The maximum absolute atomic E-state index is 4.45. The van der Waals surface area contributed by atoms with Crippen molar-refractivity contribution in [1.29, 1.82) is 0 Å². The number of nitrogens with one attached hydrogen (secondary N) is 1. The van der Waals surface area contributed by atoms with E-state index in [0.717, 1.165) is 12.4 Å². The zero-order chi connectivity index (χ0) is 18.5. The van der Waals surface area contributed by atoms with Gasteiger partial charge in [-0.2, -0.15) is 5.10 Å². The molecule has 1 N–H and O–H groups in total. The summed E-state index contributed by atoms with van der Waals surface area (Å²) >= 11 is 0. The summed E-state index contributed by atoms with van der Waals surface area (Å²) in [7, 11) is 0. The summed E-state index contributed by atoms with van der Waals surface area (Å²) in [5.74, 6) is 0.994.